The van der Waals surface area contributed by atoms with Crippen molar-refractivity contribution in [2.45, 2.75) is 25.4 Å². The quantitative estimate of drug-likeness (QED) is 0.862. The maximum Gasteiger partial charge on any atom is 0.279 e. The Hall–Kier alpha value is -1.10. The fourth-order valence-electron chi connectivity index (χ4n) is 2.46. The van der Waals surface area contributed by atoms with Gasteiger partial charge in [0.2, 0.25) is 0 Å². The summed E-state index contributed by atoms with van der Waals surface area (Å²) in [5, 5.41) is 3.41. The number of benzene rings is 1. The average molecular weight is 298 g/mol. The van der Waals surface area contributed by atoms with Crippen LogP contribution < -0.4 is 10.2 Å². The third-order valence-corrected chi connectivity index (χ3v) is 3.79. The standard InChI is InChI=1S/C15H21ClN2O2/c1-18(10-12-6-4-5-9-20-12)11-15(19)17-14-8-3-2-7-13(14)16/h2-3,7-8,12H,4-6,9-11H2,1H3,(H,17,19)/p+1/t12-/m0/s1. The normalized spacial score (nSPS) is 20.4. The van der Waals surface area contributed by atoms with E-state index in [1.807, 2.05) is 19.2 Å². The molecule has 1 aromatic carbocycles. The van der Waals surface area contributed by atoms with Crippen LogP contribution >= 0.6 is 11.6 Å². The maximum absolute atomic E-state index is 12.0. The Morgan fingerprint density at radius 3 is 2.95 bits per heavy atom. The molecule has 0 spiro atoms. The number of amides is 1. The maximum atomic E-state index is 12.0. The van der Waals surface area contributed by atoms with Crippen LogP contribution in [-0.2, 0) is 9.53 Å². The van der Waals surface area contributed by atoms with Gasteiger partial charge in [-0.1, -0.05) is 23.7 Å². The van der Waals surface area contributed by atoms with Crippen molar-refractivity contribution < 1.29 is 14.4 Å². The van der Waals surface area contributed by atoms with Gasteiger partial charge in [-0.15, -0.1) is 0 Å². The Morgan fingerprint density at radius 1 is 1.45 bits per heavy atom. The lowest BCUT2D eigenvalue weighted by molar-refractivity contribution is -0.874. The van der Waals surface area contributed by atoms with Crippen LogP contribution in [0.4, 0.5) is 5.69 Å². The fraction of sp³-hybridized carbons (Fsp3) is 0.533. The highest BCUT2D eigenvalue weighted by atomic mass is 35.5. The molecule has 1 amide bonds. The second-order valence-electron chi connectivity index (χ2n) is 5.35. The first-order chi connectivity index (χ1) is 9.65. The summed E-state index contributed by atoms with van der Waals surface area (Å²) in [6.07, 6.45) is 3.77. The Balaban J connectivity index is 1.77. The third-order valence-electron chi connectivity index (χ3n) is 3.46. The number of carbonyl (C=O) groups is 1. The molecular formula is C15H22ClN2O2+. The number of halogens is 1. The predicted molar refractivity (Wildman–Crippen MR) is 80.3 cm³/mol. The molecule has 0 saturated carbocycles. The predicted octanol–water partition coefficient (Wildman–Crippen LogP) is 1.36. The number of anilines is 1. The topological polar surface area (TPSA) is 42.8 Å². The van der Waals surface area contributed by atoms with Gasteiger partial charge in [-0.25, -0.2) is 0 Å². The SMILES string of the molecule is C[NH+](CC(=O)Nc1ccccc1Cl)C[C@@H]1CCCCO1. The first-order valence-corrected chi connectivity index (χ1v) is 7.50. The van der Waals surface area contributed by atoms with Crippen LogP contribution in [-0.4, -0.2) is 38.8 Å². The van der Waals surface area contributed by atoms with E-state index in [-0.39, 0.29) is 12.0 Å². The summed E-state index contributed by atoms with van der Waals surface area (Å²) in [6, 6.07) is 7.27. The summed E-state index contributed by atoms with van der Waals surface area (Å²) in [6.45, 7) is 2.14. The lowest BCUT2D eigenvalue weighted by atomic mass is 10.1. The zero-order valence-electron chi connectivity index (χ0n) is 11.8. The first kappa shape index (κ1) is 15.3. The van der Waals surface area contributed by atoms with Gasteiger partial charge in [0.1, 0.15) is 12.6 Å². The van der Waals surface area contributed by atoms with Gasteiger partial charge in [0, 0.05) is 6.61 Å². The first-order valence-electron chi connectivity index (χ1n) is 7.12. The third kappa shape index (κ3) is 4.78. The molecule has 2 atom stereocenters. The van der Waals surface area contributed by atoms with Crippen LogP contribution in [0.5, 0.6) is 0 Å². The van der Waals surface area contributed by atoms with Crippen LogP contribution in [0.3, 0.4) is 0 Å². The van der Waals surface area contributed by atoms with E-state index >= 15 is 0 Å². The number of rotatable bonds is 5. The number of likely N-dealkylation sites (N-methyl/N-ethyl adjacent to an activating group) is 1. The Labute approximate surface area is 125 Å². The summed E-state index contributed by atoms with van der Waals surface area (Å²) < 4.78 is 5.69. The number of hydrogen-bond acceptors (Lipinski definition) is 2. The van der Waals surface area contributed by atoms with E-state index in [1.54, 1.807) is 12.1 Å². The summed E-state index contributed by atoms with van der Waals surface area (Å²) in [5.74, 6) is -0.0218. The van der Waals surface area contributed by atoms with E-state index in [0.717, 1.165) is 30.9 Å². The van der Waals surface area contributed by atoms with Gasteiger partial charge in [0.05, 0.1) is 17.8 Å². The Bertz CT molecular complexity index is 447. The van der Waals surface area contributed by atoms with Gasteiger partial charge in [0.25, 0.3) is 5.91 Å². The summed E-state index contributed by atoms with van der Waals surface area (Å²) in [7, 11) is 2.02. The van der Waals surface area contributed by atoms with Gasteiger partial charge in [-0.05, 0) is 31.4 Å². The van der Waals surface area contributed by atoms with E-state index in [1.165, 1.54) is 6.42 Å². The highest BCUT2D eigenvalue weighted by Gasteiger charge is 2.20. The molecule has 0 aliphatic carbocycles. The smallest absolute Gasteiger partial charge is 0.279 e. The van der Waals surface area contributed by atoms with Crippen molar-refractivity contribution in [3.05, 3.63) is 29.3 Å². The van der Waals surface area contributed by atoms with Gasteiger partial charge in [0.15, 0.2) is 6.54 Å². The van der Waals surface area contributed by atoms with Gasteiger partial charge in [-0.2, -0.15) is 0 Å². The molecule has 0 radical (unpaired) electrons. The van der Waals surface area contributed by atoms with Gasteiger partial charge < -0.3 is 15.0 Å². The number of para-hydroxylation sites is 1. The molecular weight excluding hydrogens is 276 g/mol. The van der Waals surface area contributed by atoms with Crippen LogP contribution in [0.15, 0.2) is 24.3 Å². The van der Waals surface area contributed by atoms with E-state index in [2.05, 4.69) is 5.32 Å². The molecule has 0 aromatic heterocycles. The number of nitrogens with one attached hydrogen (secondary N) is 2. The average Bonchev–Trinajstić information content (AvgIpc) is 2.42. The van der Waals surface area contributed by atoms with E-state index < -0.39 is 0 Å². The zero-order valence-corrected chi connectivity index (χ0v) is 12.6. The van der Waals surface area contributed by atoms with Gasteiger partial charge in [-0.3, -0.25) is 4.79 Å². The molecule has 1 aliphatic heterocycles. The van der Waals surface area contributed by atoms with Crippen molar-refractivity contribution >= 4 is 23.2 Å². The van der Waals surface area contributed by atoms with Crippen LogP contribution in [0.2, 0.25) is 5.02 Å². The van der Waals surface area contributed by atoms with Crippen molar-refractivity contribution in [3.8, 4) is 0 Å². The van der Waals surface area contributed by atoms with Crippen molar-refractivity contribution in [2.24, 2.45) is 0 Å². The molecule has 2 rings (SSSR count). The van der Waals surface area contributed by atoms with Crippen LogP contribution in [0.25, 0.3) is 0 Å². The van der Waals surface area contributed by atoms with Crippen LogP contribution in [0, 0.1) is 0 Å². The second-order valence-corrected chi connectivity index (χ2v) is 5.76. The monoisotopic (exact) mass is 297 g/mol. The molecule has 0 bridgehead atoms. The highest BCUT2D eigenvalue weighted by Crippen LogP contribution is 2.19. The Morgan fingerprint density at radius 2 is 2.25 bits per heavy atom. The molecule has 1 heterocycles. The molecule has 1 unspecified atom stereocenters. The number of carbonyl (C=O) groups excluding carboxylic acids is 1. The molecule has 5 heteroatoms. The largest absolute Gasteiger partial charge is 0.372 e. The molecule has 110 valence electrons. The molecule has 2 N–H and O–H groups in total. The molecule has 4 nitrogen and oxygen atoms in total. The zero-order chi connectivity index (χ0) is 14.4. The van der Waals surface area contributed by atoms with E-state index in [4.69, 9.17) is 16.3 Å². The lowest BCUT2D eigenvalue weighted by Gasteiger charge is -2.25. The summed E-state index contributed by atoms with van der Waals surface area (Å²) >= 11 is 6.02. The highest BCUT2D eigenvalue weighted by molar-refractivity contribution is 6.33. The minimum atomic E-state index is -0.0218. The molecule has 1 aliphatic rings. The number of hydrogen-bond donors (Lipinski definition) is 2. The summed E-state index contributed by atoms with van der Waals surface area (Å²) in [5.41, 5.74) is 0.667. The van der Waals surface area contributed by atoms with E-state index in [9.17, 15) is 4.79 Å². The van der Waals surface area contributed by atoms with E-state index in [0.29, 0.717) is 17.3 Å². The lowest BCUT2D eigenvalue weighted by Crippen LogP contribution is -3.11. The van der Waals surface area contributed by atoms with Crippen molar-refractivity contribution in [1.82, 2.24) is 0 Å². The minimum absolute atomic E-state index is 0.0218. The van der Waals surface area contributed by atoms with Crippen molar-refractivity contribution in [1.29, 1.82) is 0 Å². The van der Waals surface area contributed by atoms with Gasteiger partial charge >= 0.3 is 0 Å². The molecule has 20 heavy (non-hydrogen) atoms. The second kappa shape index (κ2) is 7.62. The van der Waals surface area contributed by atoms with Crippen molar-refractivity contribution in [2.75, 3.05) is 32.1 Å². The van der Waals surface area contributed by atoms with Crippen molar-refractivity contribution in [3.63, 3.8) is 0 Å². The number of quaternary nitrogens is 1. The Kier molecular flexibility index (Phi) is 5.83. The fourth-order valence-corrected chi connectivity index (χ4v) is 2.64. The van der Waals surface area contributed by atoms with Crippen LogP contribution in [0.1, 0.15) is 19.3 Å². The summed E-state index contributed by atoms with van der Waals surface area (Å²) in [4.78, 5) is 13.1. The molecule has 1 saturated heterocycles. The minimum Gasteiger partial charge on any atom is -0.372 e. The molecule has 1 fully saturated rings. The molecule has 1 aromatic rings. The number of ether oxygens (including phenoxy) is 1.